The fourth-order valence-corrected chi connectivity index (χ4v) is 3.08. The maximum atomic E-state index is 11.9. The van der Waals surface area contributed by atoms with Crippen LogP contribution in [-0.4, -0.2) is 29.1 Å². The fraction of sp³-hybridized carbons (Fsp3) is 0.350. The van der Waals surface area contributed by atoms with Crippen molar-refractivity contribution in [3.63, 3.8) is 0 Å². The van der Waals surface area contributed by atoms with Gasteiger partial charge in [0.25, 0.3) is 0 Å². The topological polar surface area (TPSA) is 58.6 Å². The first-order chi connectivity index (χ1) is 12.2. The smallest absolute Gasteiger partial charge is 0.230 e. The number of hydrogen-bond donors (Lipinski definition) is 2. The Labute approximate surface area is 153 Å². The number of benzene rings is 2. The fourth-order valence-electron chi connectivity index (χ4n) is 2.26. The molecular formula is C20H25NO3S. The maximum Gasteiger partial charge on any atom is 0.230 e. The molecule has 0 aliphatic heterocycles. The zero-order chi connectivity index (χ0) is 17.9. The molecular weight excluding hydrogens is 334 g/mol. The Morgan fingerprint density at radius 2 is 1.80 bits per heavy atom. The van der Waals surface area contributed by atoms with Crippen molar-refractivity contribution < 1.29 is 14.6 Å². The maximum absolute atomic E-state index is 11.9. The molecule has 0 fully saturated rings. The molecule has 0 aromatic heterocycles. The molecule has 25 heavy (non-hydrogen) atoms. The highest BCUT2D eigenvalue weighted by Gasteiger charge is 2.08. The summed E-state index contributed by atoms with van der Waals surface area (Å²) in [5.41, 5.74) is 3.06. The van der Waals surface area contributed by atoms with Gasteiger partial charge in [0.2, 0.25) is 5.91 Å². The average Bonchev–Trinajstić information content (AvgIpc) is 2.66. The van der Waals surface area contributed by atoms with E-state index < -0.39 is 6.10 Å². The Morgan fingerprint density at radius 3 is 2.48 bits per heavy atom. The van der Waals surface area contributed by atoms with E-state index in [-0.39, 0.29) is 5.91 Å². The van der Waals surface area contributed by atoms with Crippen molar-refractivity contribution in [3.8, 4) is 0 Å². The van der Waals surface area contributed by atoms with Crippen molar-refractivity contribution in [2.24, 2.45) is 0 Å². The third kappa shape index (κ3) is 7.30. The molecule has 1 amide bonds. The lowest BCUT2D eigenvalue weighted by Gasteiger charge is -2.11. The molecule has 0 aliphatic rings. The number of thioether (sulfide) groups is 1. The van der Waals surface area contributed by atoms with Gasteiger partial charge in [-0.3, -0.25) is 4.79 Å². The Bertz CT molecular complexity index is 631. The average molecular weight is 359 g/mol. The van der Waals surface area contributed by atoms with E-state index in [1.807, 2.05) is 61.5 Å². The summed E-state index contributed by atoms with van der Waals surface area (Å²) in [5.74, 6) is 0.819. The van der Waals surface area contributed by atoms with Crippen LogP contribution in [-0.2, 0) is 22.7 Å². The number of nitrogens with one attached hydrogen (secondary N) is 1. The summed E-state index contributed by atoms with van der Waals surface area (Å²) in [7, 11) is 0. The van der Waals surface area contributed by atoms with Gasteiger partial charge in [-0.15, -0.1) is 11.8 Å². The highest BCUT2D eigenvalue weighted by Crippen LogP contribution is 2.17. The van der Waals surface area contributed by atoms with E-state index in [1.165, 1.54) is 11.8 Å². The van der Waals surface area contributed by atoms with Crippen molar-refractivity contribution in [1.29, 1.82) is 0 Å². The molecule has 4 nitrogen and oxygen atoms in total. The van der Waals surface area contributed by atoms with Crippen LogP contribution in [0.4, 0.5) is 0 Å². The Morgan fingerprint density at radius 1 is 1.12 bits per heavy atom. The first kappa shape index (κ1) is 19.5. The minimum atomic E-state index is -0.545. The molecule has 0 radical (unpaired) electrons. The van der Waals surface area contributed by atoms with Crippen molar-refractivity contribution in [3.05, 3.63) is 71.3 Å². The van der Waals surface area contributed by atoms with E-state index in [0.717, 1.165) is 16.7 Å². The van der Waals surface area contributed by atoms with Crippen molar-refractivity contribution in [2.45, 2.75) is 26.2 Å². The number of rotatable bonds is 10. The van der Waals surface area contributed by atoms with Crippen LogP contribution in [0.2, 0.25) is 0 Å². The molecule has 2 rings (SSSR count). The first-order valence-electron chi connectivity index (χ1n) is 8.42. The molecule has 1 unspecified atom stereocenters. The summed E-state index contributed by atoms with van der Waals surface area (Å²) in [5, 5.41) is 13.0. The van der Waals surface area contributed by atoms with E-state index >= 15 is 0 Å². The monoisotopic (exact) mass is 359 g/mol. The lowest BCUT2D eigenvalue weighted by Crippen LogP contribution is -2.25. The molecule has 134 valence electrons. The van der Waals surface area contributed by atoms with Crippen LogP contribution in [0.3, 0.4) is 0 Å². The molecule has 0 aliphatic carbocycles. The van der Waals surface area contributed by atoms with Crippen LogP contribution in [0, 0.1) is 0 Å². The number of amides is 1. The minimum absolute atomic E-state index is 0.0244. The Hall–Kier alpha value is -1.82. The SMILES string of the molecule is CCOCc1ccc(CNC(=O)CSCC(O)c2ccccc2)cc1. The molecule has 0 saturated carbocycles. The van der Waals surface area contributed by atoms with Crippen molar-refractivity contribution >= 4 is 17.7 Å². The minimum Gasteiger partial charge on any atom is -0.388 e. The molecule has 0 bridgehead atoms. The largest absolute Gasteiger partial charge is 0.388 e. The summed E-state index contributed by atoms with van der Waals surface area (Å²) in [6.45, 7) is 3.80. The zero-order valence-corrected chi connectivity index (χ0v) is 15.3. The summed E-state index contributed by atoms with van der Waals surface area (Å²) in [6, 6.07) is 17.5. The number of aliphatic hydroxyl groups is 1. The van der Waals surface area contributed by atoms with Gasteiger partial charge >= 0.3 is 0 Å². The predicted octanol–water partition coefficient (Wildman–Crippen LogP) is 3.31. The van der Waals surface area contributed by atoms with Crippen LogP contribution >= 0.6 is 11.8 Å². The Balaban J connectivity index is 1.65. The van der Waals surface area contributed by atoms with Gasteiger partial charge in [0.15, 0.2) is 0 Å². The molecule has 1 atom stereocenters. The van der Waals surface area contributed by atoms with E-state index in [2.05, 4.69) is 5.32 Å². The normalized spacial score (nSPS) is 11.9. The molecule has 0 heterocycles. The van der Waals surface area contributed by atoms with Crippen LogP contribution in [0.1, 0.15) is 29.7 Å². The second-order valence-corrected chi connectivity index (χ2v) is 6.70. The van der Waals surface area contributed by atoms with E-state index in [0.29, 0.717) is 31.3 Å². The van der Waals surface area contributed by atoms with Crippen LogP contribution in [0.25, 0.3) is 0 Å². The molecule has 5 heteroatoms. The molecule has 2 aromatic carbocycles. The van der Waals surface area contributed by atoms with Crippen LogP contribution in [0.15, 0.2) is 54.6 Å². The van der Waals surface area contributed by atoms with Gasteiger partial charge in [0.05, 0.1) is 18.5 Å². The second-order valence-electron chi connectivity index (χ2n) is 5.67. The predicted molar refractivity (Wildman–Crippen MR) is 102 cm³/mol. The summed E-state index contributed by atoms with van der Waals surface area (Å²) in [6.07, 6.45) is -0.545. The van der Waals surface area contributed by atoms with Gasteiger partial charge in [-0.1, -0.05) is 54.6 Å². The number of aliphatic hydroxyl groups excluding tert-OH is 1. The quantitative estimate of drug-likeness (QED) is 0.683. The van der Waals surface area contributed by atoms with Crippen molar-refractivity contribution in [2.75, 3.05) is 18.1 Å². The zero-order valence-electron chi connectivity index (χ0n) is 14.5. The van der Waals surface area contributed by atoms with Gasteiger partial charge < -0.3 is 15.2 Å². The lowest BCUT2D eigenvalue weighted by atomic mass is 10.1. The standard InChI is InChI=1S/C20H25NO3S/c1-2-24-13-17-10-8-16(9-11-17)12-21-20(23)15-25-14-19(22)18-6-4-3-5-7-18/h3-11,19,22H,2,12-15H2,1H3,(H,21,23). The number of hydrogen-bond acceptors (Lipinski definition) is 4. The second kappa shape index (κ2) is 10.9. The van der Waals surface area contributed by atoms with Crippen LogP contribution in [0.5, 0.6) is 0 Å². The number of ether oxygens (including phenoxy) is 1. The highest BCUT2D eigenvalue weighted by atomic mass is 32.2. The summed E-state index contributed by atoms with van der Waals surface area (Å²) >= 11 is 1.43. The van der Waals surface area contributed by atoms with Gasteiger partial charge in [0.1, 0.15) is 0 Å². The Kier molecular flexibility index (Phi) is 8.52. The highest BCUT2D eigenvalue weighted by molar-refractivity contribution is 7.99. The lowest BCUT2D eigenvalue weighted by molar-refractivity contribution is -0.118. The van der Waals surface area contributed by atoms with Gasteiger partial charge in [-0.2, -0.15) is 0 Å². The first-order valence-corrected chi connectivity index (χ1v) is 9.57. The number of carbonyl (C=O) groups excluding carboxylic acids is 1. The van der Waals surface area contributed by atoms with Gasteiger partial charge in [-0.25, -0.2) is 0 Å². The van der Waals surface area contributed by atoms with Gasteiger partial charge in [0, 0.05) is 18.9 Å². The molecule has 0 saturated heterocycles. The van der Waals surface area contributed by atoms with E-state index in [4.69, 9.17) is 4.74 Å². The number of carbonyl (C=O) groups is 1. The summed E-state index contributed by atoms with van der Waals surface area (Å²) in [4.78, 5) is 11.9. The molecule has 0 spiro atoms. The van der Waals surface area contributed by atoms with E-state index in [1.54, 1.807) is 0 Å². The third-order valence-electron chi connectivity index (χ3n) is 3.68. The van der Waals surface area contributed by atoms with E-state index in [9.17, 15) is 9.90 Å². The van der Waals surface area contributed by atoms with Crippen LogP contribution < -0.4 is 5.32 Å². The van der Waals surface area contributed by atoms with Crippen molar-refractivity contribution in [1.82, 2.24) is 5.32 Å². The van der Waals surface area contributed by atoms with Gasteiger partial charge in [-0.05, 0) is 23.6 Å². The molecule has 2 aromatic rings. The molecule has 2 N–H and O–H groups in total. The summed E-state index contributed by atoms with van der Waals surface area (Å²) < 4.78 is 5.36. The third-order valence-corrected chi connectivity index (χ3v) is 4.70.